The van der Waals surface area contributed by atoms with Gasteiger partial charge in [0.1, 0.15) is 11.4 Å². The summed E-state index contributed by atoms with van der Waals surface area (Å²) in [6.45, 7) is 4.23. The number of aromatic nitrogens is 2. The molecule has 124 valence electrons. The number of carbonyl (C=O) groups excluding carboxylic acids is 1. The second-order valence-corrected chi connectivity index (χ2v) is 6.46. The van der Waals surface area contributed by atoms with Crippen LogP contribution in [0.3, 0.4) is 0 Å². The molecule has 0 atom stereocenters. The van der Waals surface area contributed by atoms with E-state index in [-0.39, 0.29) is 17.2 Å². The van der Waals surface area contributed by atoms with Gasteiger partial charge in [-0.05, 0) is 24.5 Å². The third-order valence-corrected chi connectivity index (χ3v) is 4.16. The molecular formula is C19H20N2O3. The van der Waals surface area contributed by atoms with Gasteiger partial charge in [-0.25, -0.2) is 9.78 Å². The van der Waals surface area contributed by atoms with Gasteiger partial charge in [-0.15, -0.1) is 0 Å². The van der Waals surface area contributed by atoms with Crippen molar-refractivity contribution in [3.63, 3.8) is 0 Å². The Hall–Kier alpha value is -2.69. The normalized spacial score (nSPS) is 11.5. The average molecular weight is 324 g/mol. The molecule has 0 saturated heterocycles. The lowest BCUT2D eigenvalue weighted by Gasteiger charge is -2.06. The number of aromatic amines is 1. The Bertz CT molecular complexity index is 925. The molecule has 3 rings (SSSR count). The lowest BCUT2D eigenvalue weighted by molar-refractivity contribution is 0.0690. The summed E-state index contributed by atoms with van der Waals surface area (Å²) in [6, 6.07) is 9.13. The van der Waals surface area contributed by atoms with Crippen molar-refractivity contribution in [2.75, 3.05) is 0 Å². The highest BCUT2D eigenvalue weighted by molar-refractivity contribution is 6.15. The molecule has 0 aliphatic rings. The summed E-state index contributed by atoms with van der Waals surface area (Å²) in [7, 11) is 0. The summed E-state index contributed by atoms with van der Waals surface area (Å²) in [4.78, 5) is 31.3. The maximum Gasteiger partial charge on any atom is 0.354 e. The van der Waals surface area contributed by atoms with Crippen molar-refractivity contribution in [3.8, 4) is 0 Å². The number of carboxylic acids is 1. The van der Waals surface area contributed by atoms with E-state index in [1.807, 2.05) is 24.3 Å². The van der Waals surface area contributed by atoms with Crippen molar-refractivity contribution in [1.29, 1.82) is 0 Å². The zero-order chi connectivity index (χ0) is 17.3. The highest BCUT2D eigenvalue weighted by atomic mass is 16.4. The van der Waals surface area contributed by atoms with Crippen molar-refractivity contribution in [1.82, 2.24) is 9.97 Å². The number of aromatic carboxylic acids is 1. The maximum atomic E-state index is 12.6. The van der Waals surface area contributed by atoms with Crippen LogP contribution in [0.25, 0.3) is 21.8 Å². The largest absolute Gasteiger partial charge is 0.477 e. The SMILES string of the molecule is CC(C)CCCC(=O)c1nc(C(=O)O)cc2c1[nH]c1ccccc12. The summed E-state index contributed by atoms with van der Waals surface area (Å²) in [5.41, 5.74) is 1.62. The first kappa shape index (κ1) is 16.2. The molecule has 3 aromatic rings. The molecule has 1 aromatic carbocycles. The van der Waals surface area contributed by atoms with Crippen LogP contribution in [0.4, 0.5) is 0 Å². The number of nitrogens with one attached hydrogen (secondary N) is 1. The number of hydrogen-bond donors (Lipinski definition) is 2. The summed E-state index contributed by atoms with van der Waals surface area (Å²) in [5, 5.41) is 10.9. The van der Waals surface area contributed by atoms with Gasteiger partial charge in [0.15, 0.2) is 5.78 Å². The monoisotopic (exact) mass is 324 g/mol. The first-order valence-corrected chi connectivity index (χ1v) is 8.15. The van der Waals surface area contributed by atoms with Gasteiger partial charge in [-0.2, -0.15) is 0 Å². The van der Waals surface area contributed by atoms with Crippen molar-refractivity contribution in [3.05, 3.63) is 41.7 Å². The lowest BCUT2D eigenvalue weighted by Crippen LogP contribution is -2.09. The number of fused-ring (bicyclic) bond motifs is 3. The van der Waals surface area contributed by atoms with E-state index in [1.165, 1.54) is 6.07 Å². The summed E-state index contributed by atoms with van der Waals surface area (Å²) < 4.78 is 0. The number of carbonyl (C=O) groups is 2. The molecule has 0 aliphatic carbocycles. The minimum Gasteiger partial charge on any atom is -0.477 e. The van der Waals surface area contributed by atoms with Crippen molar-refractivity contribution >= 4 is 33.6 Å². The van der Waals surface area contributed by atoms with E-state index in [1.54, 1.807) is 0 Å². The number of hydrogen-bond acceptors (Lipinski definition) is 3. The third-order valence-electron chi connectivity index (χ3n) is 4.16. The molecule has 0 unspecified atom stereocenters. The van der Waals surface area contributed by atoms with Gasteiger partial charge >= 0.3 is 5.97 Å². The highest BCUT2D eigenvalue weighted by Gasteiger charge is 2.19. The Morgan fingerprint density at radius 1 is 1.21 bits per heavy atom. The number of benzene rings is 1. The summed E-state index contributed by atoms with van der Waals surface area (Å²) in [5.74, 6) is -0.710. The first-order valence-electron chi connectivity index (χ1n) is 8.15. The molecule has 0 fully saturated rings. The highest BCUT2D eigenvalue weighted by Crippen LogP contribution is 2.28. The molecule has 24 heavy (non-hydrogen) atoms. The Morgan fingerprint density at radius 3 is 2.67 bits per heavy atom. The number of nitrogens with zero attached hydrogens (tertiary/aromatic N) is 1. The minimum absolute atomic E-state index is 0.0977. The van der Waals surface area contributed by atoms with Crippen LogP contribution in [0, 0.1) is 5.92 Å². The van der Waals surface area contributed by atoms with Crippen LogP contribution in [0.5, 0.6) is 0 Å². The predicted octanol–water partition coefficient (Wildman–Crippen LogP) is 4.42. The molecule has 0 spiro atoms. The van der Waals surface area contributed by atoms with Gasteiger partial charge in [0.2, 0.25) is 0 Å². The van der Waals surface area contributed by atoms with Gasteiger partial charge in [0.25, 0.3) is 0 Å². The van der Waals surface area contributed by atoms with Crippen molar-refractivity contribution in [2.24, 2.45) is 5.92 Å². The fourth-order valence-electron chi connectivity index (χ4n) is 2.95. The van der Waals surface area contributed by atoms with Gasteiger partial charge in [-0.1, -0.05) is 38.5 Å². The minimum atomic E-state index is -1.13. The fraction of sp³-hybridized carbons (Fsp3) is 0.316. The zero-order valence-corrected chi connectivity index (χ0v) is 13.8. The third kappa shape index (κ3) is 3.02. The molecule has 2 N–H and O–H groups in total. The van der Waals surface area contributed by atoms with Gasteiger partial charge < -0.3 is 10.1 Å². The molecule has 2 heterocycles. The van der Waals surface area contributed by atoms with Crippen LogP contribution < -0.4 is 0 Å². The molecular weight excluding hydrogens is 304 g/mol. The van der Waals surface area contributed by atoms with E-state index >= 15 is 0 Å². The molecule has 2 aromatic heterocycles. The number of rotatable bonds is 6. The molecule has 0 bridgehead atoms. The molecule has 0 saturated carbocycles. The van der Waals surface area contributed by atoms with E-state index in [0.717, 1.165) is 29.1 Å². The van der Waals surface area contributed by atoms with Crippen LogP contribution in [0.15, 0.2) is 30.3 Å². The van der Waals surface area contributed by atoms with E-state index in [0.29, 0.717) is 17.9 Å². The number of Topliss-reactive ketones (excluding diaryl/α,β-unsaturated/α-hetero) is 1. The Balaban J connectivity index is 2.11. The van der Waals surface area contributed by atoms with E-state index in [2.05, 4.69) is 23.8 Å². The predicted molar refractivity (Wildman–Crippen MR) is 93.6 cm³/mol. The average Bonchev–Trinajstić information content (AvgIpc) is 2.92. The summed E-state index contributed by atoms with van der Waals surface area (Å²) in [6.07, 6.45) is 2.11. The van der Waals surface area contributed by atoms with Crippen molar-refractivity contribution < 1.29 is 14.7 Å². The maximum absolute atomic E-state index is 12.6. The molecule has 5 nitrogen and oxygen atoms in total. The Morgan fingerprint density at radius 2 is 1.96 bits per heavy atom. The molecule has 5 heteroatoms. The van der Waals surface area contributed by atoms with E-state index in [4.69, 9.17) is 0 Å². The van der Waals surface area contributed by atoms with Crippen LogP contribution in [-0.2, 0) is 0 Å². The summed E-state index contributed by atoms with van der Waals surface area (Å²) >= 11 is 0. The molecule has 0 radical (unpaired) electrons. The number of pyridine rings is 1. The van der Waals surface area contributed by atoms with Crippen molar-refractivity contribution in [2.45, 2.75) is 33.1 Å². The number of carboxylic acid groups (broad SMARTS) is 1. The molecule has 0 aliphatic heterocycles. The zero-order valence-electron chi connectivity index (χ0n) is 13.8. The van der Waals surface area contributed by atoms with Crippen LogP contribution in [-0.4, -0.2) is 26.8 Å². The van der Waals surface area contributed by atoms with E-state index in [9.17, 15) is 14.7 Å². The number of ketones is 1. The first-order chi connectivity index (χ1) is 11.5. The molecule has 0 amide bonds. The smallest absolute Gasteiger partial charge is 0.354 e. The Labute approximate surface area is 139 Å². The second kappa shape index (κ2) is 6.43. The number of para-hydroxylation sites is 1. The lowest BCUT2D eigenvalue weighted by atomic mass is 10.0. The fourth-order valence-corrected chi connectivity index (χ4v) is 2.95. The standard InChI is InChI=1S/C19H20N2O3/c1-11(2)6-5-9-16(22)18-17-13(10-15(21-18)19(23)24)12-7-3-4-8-14(12)20-17/h3-4,7-8,10-11,20H,5-6,9H2,1-2H3,(H,23,24). The van der Waals surface area contributed by atoms with E-state index < -0.39 is 5.97 Å². The topological polar surface area (TPSA) is 83.1 Å². The quantitative estimate of drug-likeness (QED) is 0.657. The van der Waals surface area contributed by atoms with Gasteiger partial charge in [0, 0.05) is 22.7 Å². The number of H-pyrrole nitrogens is 1. The second-order valence-electron chi connectivity index (χ2n) is 6.46. The van der Waals surface area contributed by atoms with Crippen LogP contribution in [0.1, 0.15) is 54.1 Å². The van der Waals surface area contributed by atoms with Gasteiger partial charge in [0.05, 0.1) is 5.52 Å². The van der Waals surface area contributed by atoms with Gasteiger partial charge in [-0.3, -0.25) is 4.79 Å². The Kier molecular flexibility index (Phi) is 4.34. The van der Waals surface area contributed by atoms with Crippen LogP contribution >= 0.6 is 0 Å². The van der Waals surface area contributed by atoms with Crippen LogP contribution in [0.2, 0.25) is 0 Å².